The van der Waals surface area contributed by atoms with Crippen LogP contribution >= 0.6 is 24.8 Å². The zero-order chi connectivity index (χ0) is 13.9. The van der Waals surface area contributed by atoms with Crippen LogP contribution in [0.3, 0.4) is 0 Å². The second kappa shape index (κ2) is 8.48. The fourth-order valence-electron chi connectivity index (χ4n) is 2.46. The molecule has 0 spiro atoms. The summed E-state index contributed by atoms with van der Waals surface area (Å²) in [6.07, 6.45) is 1.60. The molecule has 1 saturated heterocycles. The molecule has 0 saturated carbocycles. The first kappa shape index (κ1) is 18.9. The van der Waals surface area contributed by atoms with Crippen molar-refractivity contribution in [3.05, 3.63) is 42.2 Å². The molecule has 1 aliphatic rings. The number of hydrogen-bond donors (Lipinski definition) is 1. The van der Waals surface area contributed by atoms with Crippen molar-refractivity contribution in [2.75, 3.05) is 19.6 Å². The van der Waals surface area contributed by atoms with E-state index in [0.29, 0.717) is 29.8 Å². The van der Waals surface area contributed by atoms with Gasteiger partial charge in [0, 0.05) is 25.7 Å². The predicted octanol–water partition coefficient (Wildman–Crippen LogP) is 3.12. The molecule has 0 amide bonds. The highest BCUT2D eigenvalue weighted by Crippen LogP contribution is 2.24. The van der Waals surface area contributed by atoms with Crippen molar-refractivity contribution in [2.45, 2.75) is 19.5 Å². The largest absolute Gasteiger partial charge is 0.439 e. The van der Waals surface area contributed by atoms with Crippen molar-refractivity contribution in [3.63, 3.8) is 0 Å². The van der Waals surface area contributed by atoms with Gasteiger partial charge < -0.3 is 9.73 Å². The molecule has 7 heteroatoms. The van der Waals surface area contributed by atoms with E-state index >= 15 is 0 Å². The molecule has 1 aromatic heterocycles. The third-order valence-electron chi connectivity index (χ3n) is 3.67. The highest BCUT2D eigenvalue weighted by molar-refractivity contribution is 5.85. The van der Waals surface area contributed by atoms with Crippen molar-refractivity contribution in [1.82, 2.24) is 15.2 Å². The van der Waals surface area contributed by atoms with Gasteiger partial charge in [0.05, 0.1) is 18.3 Å². The Morgan fingerprint density at radius 1 is 1.36 bits per heavy atom. The van der Waals surface area contributed by atoms with Crippen molar-refractivity contribution in [3.8, 4) is 11.3 Å². The van der Waals surface area contributed by atoms with Crippen LogP contribution in [0.4, 0.5) is 4.39 Å². The van der Waals surface area contributed by atoms with Gasteiger partial charge in [-0.1, -0.05) is 12.1 Å². The number of rotatable bonds is 3. The second-order valence-electron chi connectivity index (χ2n) is 5.12. The standard InChI is InChI=1S/C15H18FN3O.2ClH/c1-11-8-17-6-7-19(11)10-15-18-9-14(20-15)12-4-2-3-5-13(12)16;;/h2-5,9,11,17H,6-8,10H2,1H3;2*1H/t11-;;/m1../s1. The van der Waals surface area contributed by atoms with E-state index in [0.717, 1.165) is 19.6 Å². The smallest absolute Gasteiger partial charge is 0.209 e. The fraction of sp³-hybridized carbons (Fsp3) is 0.400. The van der Waals surface area contributed by atoms with Gasteiger partial charge in [0.1, 0.15) is 5.82 Å². The van der Waals surface area contributed by atoms with Gasteiger partial charge in [0.25, 0.3) is 0 Å². The monoisotopic (exact) mass is 347 g/mol. The minimum Gasteiger partial charge on any atom is -0.439 e. The number of halogens is 3. The summed E-state index contributed by atoms with van der Waals surface area (Å²) in [5.74, 6) is 0.837. The number of nitrogens with zero attached hydrogens (tertiary/aromatic N) is 2. The average Bonchev–Trinajstić information content (AvgIpc) is 2.90. The van der Waals surface area contributed by atoms with E-state index in [4.69, 9.17) is 4.42 Å². The molecule has 0 bridgehead atoms. The Hall–Kier alpha value is -1.14. The molecular formula is C15H20Cl2FN3O. The first-order valence-corrected chi connectivity index (χ1v) is 6.88. The lowest BCUT2D eigenvalue weighted by Gasteiger charge is -2.32. The van der Waals surface area contributed by atoms with E-state index in [1.807, 2.05) is 0 Å². The van der Waals surface area contributed by atoms with Crippen LogP contribution in [0, 0.1) is 5.82 Å². The summed E-state index contributed by atoms with van der Waals surface area (Å²) in [4.78, 5) is 6.58. The third kappa shape index (κ3) is 4.20. The summed E-state index contributed by atoms with van der Waals surface area (Å²) in [6.45, 7) is 5.76. The molecule has 22 heavy (non-hydrogen) atoms. The van der Waals surface area contributed by atoms with Crippen molar-refractivity contribution >= 4 is 24.8 Å². The molecule has 3 rings (SSSR count). The number of benzene rings is 1. The lowest BCUT2D eigenvalue weighted by Crippen LogP contribution is -2.49. The zero-order valence-electron chi connectivity index (χ0n) is 12.3. The van der Waals surface area contributed by atoms with Crippen LogP contribution in [0.2, 0.25) is 0 Å². The molecule has 1 aliphatic heterocycles. The summed E-state index contributed by atoms with van der Waals surface area (Å²) in [5, 5.41) is 3.35. The summed E-state index contributed by atoms with van der Waals surface area (Å²) in [5.41, 5.74) is 0.458. The Bertz CT molecular complexity index is 594. The molecule has 1 fully saturated rings. The lowest BCUT2D eigenvalue weighted by molar-refractivity contribution is 0.151. The molecule has 0 unspecified atom stereocenters. The molecular weight excluding hydrogens is 328 g/mol. The van der Waals surface area contributed by atoms with E-state index in [1.165, 1.54) is 6.07 Å². The van der Waals surface area contributed by atoms with Crippen LogP contribution in [-0.4, -0.2) is 35.6 Å². The number of nitrogens with one attached hydrogen (secondary N) is 1. The maximum Gasteiger partial charge on any atom is 0.209 e. The van der Waals surface area contributed by atoms with E-state index in [1.54, 1.807) is 24.4 Å². The average molecular weight is 348 g/mol. The van der Waals surface area contributed by atoms with Gasteiger partial charge in [-0.25, -0.2) is 9.37 Å². The van der Waals surface area contributed by atoms with Crippen molar-refractivity contribution in [1.29, 1.82) is 0 Å². The summed E-state index contributed by atoms with van der Waals surface area (Å²) in [7, 11) is 0. The van der Waals surface area contributed by atoms with E-state index in [9.17, 15) is 4.39 Å². The number of aromatic nitrogens is 1. The molecule has 1 atom stereocenters. The van der Waals surface area contributed by atoms with Gasteiger partial charge in [-0.05, 0) is 19.1 Å². The molecule has 0 aliphatic carbocycles. The lowest BCUT2D eigenvalue weighted by atomic mass is 10.2. The highest BCUT2D eigenvalue weighted by atomic mass is 35.5. The topological polar surface area (TPSA) is 41.3 Å². The van der Waals surface area contributed by atoms with E-state index in [-0.39, 0.29) is 30.6 Å². The van der Waals surface area contributed by atoms with Crippen molar-refractivity contribution < 1.29 is 8.81 Å². The molecule has 1 aromatic carbocycles. The maximum absolute atomic E-state index is 13.7. The van der Waals surface area contributed by atoms with Crippen molar-refractivity contribution in [2.24, 2.45) is 0 Å². The van der Waals surface area contributed by atoms with Gasteiger partial charge in [-0.3, -0.25) is 4.90 Å². The third-order valence-corrected chi connectivity index (χ3v) is 3.67. The quantitative estimate of drug-likeness (QED) is 0.926. The van der Waals surface area contributed by atoms with Gasteiger partial charge >= 0.3 is 0 Å². The maximum atomic E-state index is 13.7. The highest BCUT2D eigenvalue weighted by Gasteiger charge is 2.20. The molecule has 1 N–H and O–H groups in total. The summed E-state index contributed by atoms with van der Waals surface area (Å²) >= 11 is 0. The first-order chi connectivity index (χ1) is 9.74. The van der Waals surface area contributed by atoms with E-state index in [2.05, 4.69) is 22.1 Å². The fourth-order valence-corrected chi connectivity index (χ4v) is 2.46. The number of piperazine rings is 1. The van der Waals surface area contributed by atoms with Crippen LogP contribution in [0.5, 0.6) is 0 Å². The second-order valence-corrected chi connectivity index (χ2v) is 5.12. The minimum atomic E-state index is -0.286. The molecule has 4 nitrogen and oxygen atoms in total. The van der Waals surface area contributed by atoms with Crippen LogP contribution in [0.1, 0.15) is 12.8 Å². The van der Waals surface area contributed by atoms with Gasteiger partial charge in [0.2, 0.25) is 5.89 Å². The Kier molecular flexibility index (Phi) is 7.29. The predicted molar refractivity (Wildman–Crippen MR) is 89.1 cm³/mol. The molecule has 2 heterocycles. The Labute approximate surface area is 141 Å². The first-order valence-electron chi connectivity index (χ1n) is 6.88. The normalized spacial score (nSPS) is 18.4. The minimum absolute atomic E-state index is 0. The number of oxazole rings is 1. The zero-order valence-corrected chi connectivity index (χ0v) is 13.9. The molecule has 2 aromatic rings. The van der Waals surface area contributed by atoms with E-state index < -0.39 is 0 Å². The van der Waals surface area contributed by atoms with Gasteiger partial charge in [-0.15, -0.1) is 24.8 Å². The van der Waals surface area contributed by atoms with Crippen LogP contribution in [-0.2, 0) is 6.54 Å². The summed E-state index contributed by atoms with van der Waals surface area (Å²) < 4.78 is 19.4. The van der Waals surface area contributed by atoms with Gasteiger partial charge in [0.15, 0.2) is 5.76 Å². The molecule has 0 radical (unpaired) electrons. The Balaban J connectivity index is 0.00000121. The van der Waals surface area contributed by atoms with Crippen LogP contribution < -0.4 is 5.32 Å². The SMILES string of the molecule is C[C@@H]1CNCCN1Cc1ncc(-c2ccccc2F)o1.Cl.Cl. The summed E-state index contributed by atoms with van der Waals surface area (Å²) in [6, 6.07) is 7.04. The van der Waals surface area contributed by atoms with Crippen LogP contribution in [0.25, 0.3) is 11.3 Å². The Morgan fingerprint density at radius 2 is 2.14 bits per heavy atom. The Morgan fingerprint density at radius 3 is 2.86 bits per heavy atom. The van der Waals surface area contributed by atoms with Gasteiger partial charge in [-0.2, -0.15) is 0 Å². The molecule has 122 valence electrons. The number of hydrogen-bond acceptors (Lipinski definition) is 4. The van der Waals surface area contributed by atoms with Crippen LogP contribution in [0.15, 0.2) is 34.9 Å².